The van der Waals surface area contributed by atoms with E-state index in [-0.39, 0.29) is 10.8 Å². The van der Waals surface area contributed by atoms with Gasteiger partial charge in [-0.25, -0.2) is 13.4 Å². The van der Waals surface area contributed by atoms with Gasteiger partial charge in [-0.1, -0.05) is 18.6 Å². The number of fused-ring (bicyclic) bond motifs is 1. The highest BCUT2D eigenvalue weighted by atomic mass is 32.2. The van der Waals surface area contributed by atoms with Crippen LogP contribution in [0.25, 0.3) is 11.4 Å². The van der Waals surface area contributed by atoms with Gasteiger partial charge in [-0.15, -0.1) is 0 Å². The van der Waals surface area contributed by atoms with Crippen molar-refractivity contribution in [2.45, 2.75) is 49.3 Å². The van der Waals surface area contributed by atoms with E-state index in [4.69, 9.17) is 0 Å². The number of aromatic nitrogens is 3. The maximum Gasteiger partial charge on any atom is 0.263 e. The minimum absolute atomic E-state index is 0.0366. The molecule has 0 bridgehead atoms. The van der Waals surface area contributed by atoms with E-state index in [0.717, 1.165) is 36.3 Å². The van der Waals surface area contributed by atoms with Gasteiger partial charge in [-0.05, 0) is 62.1 Å². The van der Waals surface area contributed by atoms with Crippen molar-refractivity contribution in [2.24, 2.45) is 4.99 Å². The third kappa shape index (κ3) is 5.01. The fourth-order valence-corrected chi connectivity index (χ4v) is 5.14. The summed E-state index contributed by atoms with van der Waals surface area (Å²) < 4.78 is 26.7. The number of rotatable bonds is 9. The van der Waals surface area contributed by atoms with Gasteiger partial charge in [-0.2, -0.15) is 5.10 Å². The van der Waals surface area contributed by atoms with Crippen LogP contribution in [0, 0.1) is 0 Å². The first-order valence-corrected chi connectivity index (χ1v) is 13.0. The molecule has 9 nitrogen and oxygen atoms in total. The maximum atomic E-state index is 12.3. The zero-order valence-corrected chi connectivity index (χ0v) is 19.4. The molecule has 1 aliphatic heterocycles. The van der Waals surface area contributed by atoms with Gasteiger partial charge in [0.15, 0.2) is 5.82 Å². The van der Waals surface area contributed by atoms with E-state index >= 15 is 0 Å². The van der Waals surface area contributed by atoms with Crippen molar-refractivity contribution in [1.82, 2.24) is 19.9 Å². The van der Waals surface area contributed by atoms with E-state index in [1.54, 1.807) is 24.3 Å². The van der Waals surface area contributed by atoms with Crippen LogP contribution in [0.3, 0.4) is 0 Å². The van der Waals surface area contributed by atoms with Crippen molar-refractivity contribution in [1.29, 1.82) is 0 Å². The third-order valence-electron chi connectivity index (χ3n) is 5.89. The molecule has 34 heavy (non-hydrogen) atoms. The van der Waals surface area contributed by atoms with Crippen molar-refractivity contribution in [3.8, 4) is 11.4 Å². The van der Waals surface area contributed by atoms with Crippen LogP contribution >= 0.6 is 0 Å². The number of carbonyl (C=O) groups is 1. The van der Waals surface area contributed by atoms with Gasteiger partial charge in [0.25, 0.3) is 10.0 Å². The van der Waals surface area contributed by atoms with Gasteiger partial charge in [0.1, 0.15) is 11.7 Å². The summed E-state index contributed by atoms with van der Waals surface area (Å²) in [6, 6.07) is 14.3. The molecule has 0 spiro atoms. The molecular formula is C24H26N6O3S. The predicted molar refractivity (Wildman–Crippen MR) is 129 cm³/mol. The molecule has 5 rings (SSSR count). The van der Waals surface area contributed by atoms with Gasteiger partial charge >= 0.3 is 0 Å². The number of carbonyl (C=O) groups excluding carboxylic acids is 1. The summed E-state index contributed by atoms with van der Waals surface area (Å²) in [5.41, 5.74) is 2.26. The number of aromatic amines is 1. The molecule has 3 N–H and O–H groups in total. The van der Waals surface area contributed by atoms with Crippen LogP contribution in [0.2, 0.25) is 0 Å². The number of unbranched alkanes of at least 4 members (excludes halogenated alkanes) is 2. The Bertz CT molecular complexity index is 1330. The fourth-order valence-electron chi connectivity index (χ4n) is 3.89. The molecule has 0 atom stereocenters. The molecule has 0 radical (unpaired) electrons. The Balaban J connectivity index is 1.04. The summed E-state index contributed by atoms with van der Waals surface area (Å²) in [5.74, 6) is 2.51. The Hall–Kier alpha value is -3.53. The van der Waals surface area contributed by atoms with Gasteiger partial charge in [0.2, 0.25) is 5.91 Å². The molecule has 1 aliphatic carbocycles. The number of sulfonamides is 1. The van der Waals surface area contributed by atoms with E-state index < -0.39 is 10.0 Å². The molecule has 2 aromatic carbocycles. The smallest absolute Gasteiger partial charge is 0.263 e. The largest absolute Gasteiger partial charge is 0.326 e. The molecule has 1 amide bonds. The first-order valence-electron chi connectivity index (χ1n) is 11.5. The van der Waals surface area contributed by atoms with E-state index in [2.05, 4.69) is 30.2 Å². The van der Waals surface area contributed by atoms with Gasteiger partial charge in [0.05, 0.1) is 4.90 Å². The van der Waals surface area contributed by atoms with E-state index in [1.807, 2.05) is 24.3 Å². The fraction of sp³-hybridized carbons (Fsp3) is 0.333. The number of nitrogens with one attached hydrogen (secondary N) is 3. The van der Waals surface area contributed by atoms with Crippen molar-refractivity contribution < 1.29 is 13.2 Å². The molecule has 2 aliphatic rings. The normalized spacial score (nSPS) is 17.4. The Morgan fingerprint density at radius 1 is 1.06 bits per heavy atom. The molecule has 2 heterocycles. The predicted octanol–water partition coefficient (Wildman–Crippen LogP) is 3.59. The average Bonchev–Trinajstić information content (AvgIpc) is 3.50. The third-order valence-corrected chi connectivity index (χ3v) is 7.29. The number of benzene rings is 2. The lowest BCUT2D eigenvalue weighted by molar-refractivity contribution is -0.116. The molecule has 1 aromatic heterocycles. The summed E-state index contributed by atoms with van der Waals surface area (Å²) in [5, 5.41) is 10.2. The minimum atomic E-state index is -3.50. The van der Waals surface area contributed by atoms with Crippen LogP contribution in [-0.2, 0) is 14.8 Å². The molecule has 10 heteroatoms. The molecule has 3 aromatic rings. The monoisotopic (exact) mass is 478 g/mol. The first kappa shape index (κ1) is 22.3. The van der Waals surface area contributed by atoms with E-state index in [1.165, 1.54) is 12.8 Å². The van der Waals surface area contributed by atoms with E-state index in [0.29, 0.717) is 36.1 Å². The molecule has 1 saturated carbocycles. The Labute approximate surface area is 198 Å². The molecule has 0 saturated heterocycles. The minimum Gasteiger partial charge on any atom is -0.326 e. The number of hydrogen-bond donors (Lipinski definition) is 3. The zero-order valence-electron chi connectivity index (χ0n) is 18.6. The standard InChI is InChI=1S/C24H26N6O3S/c31-21(26-18-13-11-17(12-14-18)23-27-22(28-29-23)16-9-10-16)8-2-1-5-15-25-24-19-6-3-4-7-20(19)34(32,33)30-24/h3-4,6-7,11-14,16H,1-2,5,8-10,15H2,(H,25,30)(H,26,31)(H,27,28,29). The number of amides is 1. The molecule has 176 valence electrons. The van der Waals surface area contributed by atoms with Crippen molar-refractivity contribution in [3.63, 3.8) is 0 Å². The van der Waals surface area contributed by atoms with Crippen LogP contribution in [0.4, 0.5) is 5.69 Å². The van der Waals surface area contributed by atoms with Crippen LogP contribution in [0.15, 0.2) is 58.4 Å². The summed E-state index contributed by atoms with van der Waals surface area (Å²) in [7, 11) is -3.50. The molecular weight excluding hydrogens is 452 g/mol. The first-order chi connectivity index (χ1) is 16.5. The van der Waals surface area contributed by atoms with Crippen LogP contribution in [0.1, 0.15) is 55.8 Å². The second-order valence-corrected chi connectivity index (χ2v) is 10.2. The summed E-state index contributed by atoms with van der Waals surface area (Å²) >= 11 is 0. The Kier molecular flexibility index (Phi) is 6.14. The van der Waals surface area contributed by atoms with Gasteiger partial charge in [-0.3, -0.25) is 19.6 Å². The quantitative estimate of drug-likeness (QED) is 0.405. The summed E-state index contributed by atoms with van der Waals surface area (Å²) in [4.78, 5) is 21.5. The number of amidine groups is 1. The summed E-state index contributed by atoms with van der Waals surface area (Å²) in [6.45, 7) is 0.499. The highest BCUT2D eigenvalue weighted by Crippen LogP contribution is 2.38. The van der Waals surface area contributed by atoms with Crippen LogP contribution < -0.4 is 10.0 Å². The number of nitrogens with zero attached hydrogens (tertiary/aromatic N) is 3. The summed E-state index contributed by atoms with van der Waals surface area (Å²) in [6.07, 6.45) is 5.09. The average molecular weight is 479 g/mol. The van der Waals surface area contributed by atoms with Gasteiger partial charge in [0, 0.05) is 35.7 Å². The highest BCUT2D eigenvalue weighted by Gasteiger charge is 2.30. The number of anilines is 1. The SMILES string of the molecule is O=C(CCCCCN=C1NS(=O)(=O)c2ccccc21)Nc1ccc(-c2n[nH]c(C3CC3)n2)cc1. The molecule has 1 fully saturated rings. The van der Waals surface area contributed by atoms with Crippen molar-refractivity contribution in [2.75, 3.05) is 11.9 Å². The second kappa shape index (κ2) is 9.38. The lowest BCUT2D eigenvalue weighted by atomic mass is 10.1. The Morgan fingerprint density at radius 2 is 1.85 bits per heavy atom. The lowest BCUT2D eigenvalue weighted by Crippen LogP contribution is -2.22. The second-order valence-electron chi connectivity index (χ2n) is 8.59. The topological polar surface area (TPSA) is 129 Å². The number of hydrogen-bond acceptors (Lipinski definition) is 6. The number of aliphatic imine (C=N–C) groups is 1. The molecule has 0 unspecified atom stereocenters. The van der Waals surface area contributed by atoms with Crippen LogP contribution in [0.5, 0.6) is 0 Å². The van der Waals surface area contributed by atoms with E-state index in [9.17, 15) is 13.2 Å². The van der Waals surface area contributed by atoms with Crippen molar-refractivity contribution in [3.05, 3.63) is 59.9 Å². The van der Waals surface area contributed by atoms with Gasteiger partial charge < -0.3 is 5.32 Å². The maximum absolute atomic E-state index is 12.3. The van der Waals surface area contributed by atoms with Crippen LogP contribution in [-0.4, -0.2) is 41.9 Å². The highest BCUT2D eigenvalue weighted by molar-refractivity contribution is 7.90. The Morgan fingerprint density at radius 3 is 2.65 bits per heavy atom. The lowest BCUT2D eigenvalue weighted by Gasteiger charge is -2.06. The number of H-pyrrole nitrogens is 1. The van der Waals surface area contributed by atoms with Crippen molar-refractivity contribution >= 4 is 27.5 Å². The zero-order chi connectivity index (χ0) is 23.5.